The number of aromatic nitrogens is 2. The van der Waals surface area contributed by atoms with E-state index in [0.29, 0.717) is 11.3 Å². The highest BCUT2D eigenvalue weighted by Gasteiger charge is 2.17. The van der Waals surface area contributed by atoms with Gasteiger partial charge in [0.2, 0.25) is 5.82 Å². The SMILES string of the molecule is O=C(O)Nc1ccc(-c2noc(C(F)F)n2)cc1. The van der Waals surface area contributed by atoms with Crippen LogP contribution >= 0.6 is 0 Å². The Balaban J connectivity index is 2.20. The maximum Gasteiger partial charge on any atom is 0.409 e. The summed E-state index contributed by atoms with van der Waals surface area (Å²) < 4.78 is 28.8. The van der Waals surface area contributed by atoms with Gasteiger partial charge in [-0.1, -0.05) is 5.16 Å². The van der Waals surface area contributed by atoms with E-state index in [4.69, 9.17) is 5.11 Å². The fourth-order valence-corrected chi connectivity index (χ4v) is 1.27. The second kappa shape index (κ2) is 4.78. The Labute approximate surface area is 99.2 Å². The standard InChI is InChI=1S/C10H7F2N3O3/c11-7(12)9-14-8(15-18-9)5-1-3-6(4-2-5)13-10(16)17/h1-4,7,13H,(H,16,17). The highest BCUT2D eigenvalue weighted by molar-refractivity contribution is 5.83. The molecule has 18 heavy (non-hydrogen) atoms. The van der Waals surface area contributed by atoms with Gasteiger partial charge in [0.15, 0.2) is 0 Å². The van der Waals surface area contributed by atoms with Crippen LogP contribution in [0.5, 0.6) is 0 Å². The molecular weight excluding hydrogens is 248 g/mol. The number of halogens is 2. The molecule has 1 aromatic heterocycles. The summed E-state index contributed by atoms with van der Waals surface area (Å²) in [6.45, 7) is 0. The van der Waals surface area contributed by atoms with Gasteiger partial charge in [0.1, 0.15) is 0 Å². The highest BCUT2D eigenvalue weighted by Crippen LogP contribution is 2.22. The van der Waals surface area contributed by atoms with Crippen LogP contribution in [0.15, 0.2) is 28.8 Å². The van der Waals surface area contributed by atoms with E-state index in [1.807, 2.05) is 0 Å². The first-order valence-electron chi connectivity index (χ1n) is 4.78. The van der Waals surface area contributed by atoms with Gasteiger partial charge < -0.3 is 9.63 Å². The Morgan fingerprint density at radius 2 is 2.00 bits per heavy atom. The Morgan fingerprint density at radius 1 is 1.33 bits per heavy atom. The number of rotatable bonds is 3. The van der Waals surface area contributed by atoms with Crippen LogP contribution in [-0.2, 0) is 0 Å². The first kappa shape index (κ1) is 12.0. The van der Waals surface area contributed by atoms with Crippen molar-refractivity contribution in [2.45, 2.75) is 6.43 Å². The minimum atomic E-state index is -2.82. The molecule has 0 unspecified atom stereocenters. The second-order valence-electron chi connectivity index (χ2n) is 3.26. The molecule has 1 aromatic carbocycles. The lowest BCUT2D eigenvalue weighted by atomic mass is 10.2. The van der Waals surface area contributed by atoms with E-state index in [1.165, 1.54) is 24.3 Å². The number of hydrogen-bond donors (Lipinski definition) is 2. The lowest BCUT2D eigenvalue weighted by Gasteiger charge is -2.00. The summed E-state index contributed by atoms with van der Waals surface area (Å²) in [6.07, 6.45) is -4.01. The summed E-state index contributed by atoms with van der Waals surface area (Å²) in [5, 5.41) is 14.0. The van der Waals surface area contributed by atoms with Gasteiger partial charge in [0.25, 0.3) is 5.89 Å². The molecule has 0 atom stereocenters. The molecule has 0 aliphatic rings. The van der Waals surface area contributed by atoms with Gasteiger partial charge in [-0.3, -0.25) is 5.32 Å². The summed E-state index contributed by atoms with van der Waals surface area (Å²) in [6, 6.07) is 5.90. The molecule has 1 amide bonds. The van der Waals surface area contributed by atoms with E-state index < -0.39 is 18.4 Å². The molecule has 0 saturated heterocycles. The fraction of sp³-hybridized carbons (Fsp3) is 0.100. The maximum absolute atomic E-state index is 12.2. The van der Waals surface area contributed by atoms with Gasteiger partial charge >= 0.3 is 12.5 Å². The largest absolute Gasteiger partial charge is 0.465 e. The van der Waals surface area contributed by atoms with Crippen LogP contribution in [-0.4, -0.2) is 21.3 Å². The average Bonchev–Trinajstić information content (AvgIpc) is 2.78. The van der Waals surface area contributed by atoms with Gasteiger partial charge in [-0.2, -0.15) is 13.8 Å². The topological polar surface area (TPSA) is 88.2 Å². The van der Waals surface area contributed by atoms with Crippen molar-refractivity contribution in [2.24, 2.45) is 0 Å². The summed E-state index contributed by atoms with van der Waals surface area (Å²) in [7, 11) is 0. The molecule has 0 spiro atoms. The quantitative estimate of drug-likeness (QED) is 0.880. The molecular formula is C10H7F2N3O3. The van der Waals surface area contributed by atoms with Crippen molar-refractivity contribution < 1.29 is 23.2 Å². The Bertz CT molecular complexity index is 554. The molecule has 94 valence electrons. The first-order chi connectivity index (χ1) is 8.56. The van der Waals surface area contributed by atoms with Crippen molar-refractivity contribution in [3.05, 3.63) is 30.2 Å². The van der Waals surface area contributed by atoms with E-state index in [1.54, 1.807) is 0 Å². The number of hydrogen-bond acceptors (Lipinski definition) is 4. The van der Waals surface area contributed by atoms with E-state index >= 15 is 0 Å². The predicted octanol–water partition coefficient (Wildman–Crippen LogP) is 2.76. The van der Waals surface area contributed by atoms with Crippen molar-refractivity contribution in [1.29, 1.82) is 0 Å². The number of amides is 1. The monoisotopic (exact) mass is 255 g/mol. The van der Waals surface area contributed by atoms with Crippen molar-refractivity contribution in [3.63, 3.8) is 0 Å². The Hall–Kier alpha value is -2.51. The number of nitrogens with one attached hydrogen (secondary N) is 1. The molecule has 0 bridgehead atoms. The molecule has 2 N–H and O–H groups in total. The summed E-state index contributed by atoms with van der Waals surface area (Å²) in [5.74, 6) is -0.732. The molecule has 6 nitrogen and oxygen atoms in total. The van der Waals surface area contributed by atoms with Crippen LogP contribution in [0, 0.1) is 0 Å². The molecule has 0 aliphatic carbocycles. The van der Waals surface area contributed by atoms with Crippen LogP contribution in [0.3, 0.4) is 0 Å². The third kappa shape index (κ3) is 2.59. The zero-order valence-corrected chi connectivity index (χ0v) is 8.80. The third-order valence-electron chi connectivity index (χ3n) is 2.02. The van der Waals surface area contributed by atoms with Crippen LogP contribution in [0.25, 0.3) is 11.4 Å². The summed E-state index contributed by atoms with van der Waals surface area (Å²) in [4.78, 5) is 13.9. The van der Waals surface area contributed by atoms with E-state index in [0.717, 1.165) is 0 Å². The zero-order chi connectivity index (χ0) is 13.1. The van der Waals surface area contributed by atoms with Crippen molar-refractivity contribution in [1.82, 2.24) is 10.1 Å². The van der Waals surface area contributed by atoms with Crippen LogP contribution < -0.4 is 5.32 Å². The molecule has 8 heteroatoms. The van der Waals surface area contributed by atoms with Crippen LogP contribution in [0.2, 0.25) is 0 Å². The number of benzene rings is 1. The molecule has 0 saturated carbocycles. The minimum Gasteiger partial charge on any atom is -0.465 e. The molecule has 0 aliphatic heterocycles. The molecule has 2 aromatic rings. The van der Waals surface area contributed by atoms with Crippen LogP contribution in [0.1, 0.15) is 12.3 Å². The second-order valence-corrected chi connectivity index (χ2v) is 3.26. The minimum absolute atomic E-state index is 0.0205. The highest BCUT2D eigenvalue weighted by atomic mass is 19.3. The van der Waals surface area contributed by atoms with Gasteiger partial charge in [-0.25, -0.2) is 4.79 Å². The number of alkyl halides is 2. The lowest BCUT2D eigenvalue weighted by molar-refractivity contribution is 0.106. The Kier molecular flexibility index (Phi) is 3.18. The number of nitrogens with zero attached hydrogens (tertiary/aromatic N) is 2. The predicted molar refractivity (Wildman–Crippen MR) is 56.3 cm³/mol. The maximum atomic E-state index is 12.2. The zero-order valence-electron chi connectivity index (χ0n) is 8.80. The Morgan fingerprint density at radius 3 is 2.50 bits per heavy atom. The first-order valence-corrected chi connectivity index (χ1v) is 4.78. The summed E-state index contributed by atoms with van der Waals surface area (Å²) in [5.41, 5.74) is 0.797. The fourth-order valence-electron chi connectivity index (χ4n) is 1.27. The van der Waals surface area contributed by atoms with Gasteiger partial charge in [-0.15, -0.1) is 0 Å². The van der Waals surface area contributed by atoms with Gasteiger partial charge in [-0.05, 0) is 24.3 Å². The van der Waals surface area contributed by atoms with Crippen LogP contribution in [0.4, 0.5) is 19.3 Å². The van der Waals surface area contributed by atoms with E-state index in [9.17, 15) is 13.6 Å². The molecule has 0 fully saturated rings. The average molecular weight is 255 g/mol. The van der Waals surface area contributed by atoms with Crippen molar-refractivity contribution >= 4 is 11.8 Å². The van der Waals surface area contributed by atoms with Gasteiger partial charge in [0, 0.05) is 11.3 Å². The van der Waals surface area contributed by atoms with E-state index in [-0.39, 0.29) is 5.82 Å². The van der Waals surface area contributed by atoms with Crippen molar-refractivity contribution in [3.8, 4) is 11.4 Å². The molecule has 2 rings (SSSR count). The number of carbonyl (C=O) groups is 1. The normalized spacial score (nSPS) is 10.6. The van der Waals surface area contributed by atoms with Gasteiger partial charge in [0.05, 0.1) is 0 Å². The smallest absolute Gasteiger partial charge is 0.409 e. The summed E-state index contributed by atoms with van der Waals surface area (Å²) >= 11 is 0. The number of carboxylic acid groups (broad SMARTS) is 1. The third-order valence-corrected chi connectivity index (χ3v) is 2.02. The molecule has 0 radical (unpaired) electrons. The van der Waals surface area contributed by atoms with Crippen molar-refractivity contribution in [2.75, 3.05) is 5.32 Å². The number of anilines is 1. The van der Waals surface area contributed by atoms with E-state index in [2.05, 4.69) is 20.0 Å². The lowest BCUT2D eigenvalue weighted by Crippen LogP contribution is -2.06. The molecule has 1 heterocycles.